The highest BCUT2D eigenvalue weighted by Gasteiger charge is 2.44. The molecule has 2 saturated heterocycles. The highest BCUT2D eigenvalue weighted by atomic mass is 32.1. The molecule has 2 aromatic rings. The molecule has 2 fully saturated rings. The third-order valence-corrected chi connectivity index (χ3v) is 6.48. The predicted molar refractivity (Wildman–Crippen MR) is 137 cm³/mol. The van der Waals surface area contributed by atoms with Gasteiger partial charge >= 0.3 is 0 Å². The van der Waals surface area contributed by atoms with Crippen molar-refractivity contribution in [1.29, 1.82) is 0 Å². The molecule has 3 N–H and O–H groups in total. The van der Waals surface area contributed by atoms with Gasteiger partial charge in [-0.25, -0.2) is 4.90 Å². The Morgan fingerprint density at radius 3 is 2.69 bits per heavy atom. The van der Waals surface area contributed by atoms with Crippen molar-refractivity contribution in [3.05, 3.63) is 54.1 Å². The molecule has 10 heteroatoms. The minimum Gasteiger partial charge on any atom is -0.497 e. The summed E-state index contributed by atoms with van der Waals surface area (Å²) in [5, 5.41) is 3.23. The monoisotopic (exact) mass is 495 g/mol. The summed E-state index contributed by atoms with van der Waals surface area (Å²) < 4.78 is 5.19. The van der Waals surface area contributed by atoms with Gasteiger partial charge in [0.25, 0.3) is 5.91 Å². The minimum atomic E-state index is -0.553. The Kier molecular flexibility index (Phi) is 7.62. The molecule has 0 aromatic heterocycles. The maximum atomic E-state index is 13.2. The number of anilines is 2. The molecular weight excluding hydrogens is 466 g/mol. The van der Waals surface area contributed by atoms with Crippen LogP contribution in [0.15, 0.2) is 48.5 Å². The molecule has 2 aliphatic rings. The molecule has 2 aromatic carbocycles. The molecule has 2 unspecified atom stereocenters. The molecule has 0 radical (unpaired) electrons. The van der Waals surface area contributed by atoms with Crippen molar-refractivity contribution in [2.24, 2.45) is 5.92 Å². The van der Waals surface area contributed by atoms with Crippen molar-refractivity contribution >= 4 is 46.4 Å². The highest BCUT2D eigenvalue weighted by Crippen LogP contribution is 2.29. The number of amides is 3. The molecule has 2 atom stereocenters. The number of nitrogens with zero attached hydrogens (tertiary/aromatic N) is 2. The summed E-state index contributed by atoms with van der Waals surface area (Å²) >= 11 is 5.27. The number of hydrogen-bond donors (Lipinski definition) is 3. The third kappa shape index (κ3) is 5.77. The largest absolute Gasteiger partial charge is 0.497 e. The van der Waals surface area contributed by atoms with Crippen LogP contribution in [0.1, 0.15) is 24.8 Å². The maximum absolute atomic E-state index is 13.2. The van der Waals surface area contributed by atoms with E-state index in [1.54, 1.807) is 19.2 Å². The molecule has 0 spiro atoms. The van der Waals surface area contributed by atoms with Gasteiger partial charge in [-0.1, -0.05) is 18.2 Å². The number of ether oxygens (including phenoxy) is 1. The number of hydrazine groups is 1. The van der Waals surface area contributed by atoms with Crippen LogP contribution in [0.25, 0.3) is 0 Å². The molecule has 0 saturated carbocycles. The summed E-state index contributed by atoms with van der Waals surface area (Å²) in [7, 11) is 1.58. The van der Waals surface area contributed by atoms with Crippen molar-refractivity contribution in [3.63, 3.8) is 0 Å². The van der Waals surface area contributed by atoms with Gasteiger partial charge in [-0.3, -0.25) is 30.1 Å². The van der Waals surface area contributed by atoms with Gasteiger partial charge in [0.05, 0.1) is 31.2 Å². The number of carbonyl (C=O) groups is 3. The fourth-order valence-electron chi connectivity index (χ4n) is 4.53. The quantitative estimate of drug-likeness (QED) is 0.330. The van der Waals surface area contributed by atoms with Crippen molar-refractivity contribution in [1.82, 2.24) is 15.8 Å². The van der Waals surface area contributed by atoms with E-state index in [9.17, 15) is 14.4 Å². The SMILES string of the molecule is COc1cccc(NC(=S)NNC(=O)C2CCCN(C3CC(=O)N(c4cccc(C)c4)C3=O)C2)c1. The maximum Gasteiger partial charge on any atom is 0.251 e. The summed E-state index contributed by atoms with van der Waals surface area (Å²) in [4.78, 5) is 41.9. The van der Waals surface area contributed by atoms with E-state index in [1.807, 2.05) is 48.2 Å². The summed E-state index contributed by atoms with van der Waals surface area (Å²) in [6, 6.07) is 14.1. The number of hydrogen-bond acceptors (Lipinski definition) is 6. The highest BCUT2D eigenvalue weighted by molar-refractivity contribution is 7.80. The van der Waals surface area contributed by atoms with Crippen LogP contribution >= 0.6 is 12.2 Å². The van der Waals surface area contributed by atoms with Crippen molar-refractivity contribution < 1.29 is 19.1 Å². The lowest BCUT2D eigenvalue weighted by atomic mass is 9.95. The van der Waals surface area contributed by atoms with Crippen LogP contribution in [-0.2, 0) is 14.4 Å². The second-order valence-corrected chi connectivity index (χ2v) is 9.17. The number of imide groups is 1. The zero-order valence-electron chi connectivity index (χ0n) is 19.7. The van der Waals surface area contributed by atoms with Crippen LogP contribution in [0.4, 0.5) is 11.4 Å². The number of rotatable bonds is 5. The van der Waals surface area contributed by atoms with E-state index >= 15 is 0 Å². The first-order valence-electron chi connectivity index (χ1n) is 11.5. The lowest BCUT2D eigenvalue weighted by Gasteiger charge is -2.34. The zero-order valence-corrected chi connectivity index (χ0v) is 20.6. The Morgan fingerprint density at radius 2 is 1.91 bits per heavy atom. The number of thiocarbonyl (C=S) groups is 1. The second-order valence-electron chi connectivity index (χ2n) is 8.76. The molecule has 2 aliphatic heterocycles. The fourth-order valence-corrected chi connectivity index (χ4v) is 4.70. The Hall–Kier alpha value is -3.50. The van der Waals surface area contributed by atoms with Gasteiger partial charge in [0, 0.05) is 18.3 Å². The number of methoxy groups -OCH3 is 1. The van der Waals surface area contributed by atoms with E-state index in [1.165, 1.54) is 4.90 Å². The number of benzene rings is 2. The van der Waals surface area contributed by atoms with Crippen LogP contribution < -0.4 is 25.8 Å². The molecule has 35 heavy (non-hydrogen) atoms. The molecule has 9 nitrogen and oxygen atoms in total. The molecule has 4 rings (SSSR count). The van der Waals surface area contributed by atoms with E-state index < -0.39 is 6.04 Å². The number of likely N-dealkylation sites (tertiary alicyclic amines) is 1. The molecule has 0 bridgehead atoms. The van der Waals surface area contributed by atoms with Crippen molar-refractivity contribution in [2.45, 2.75) is 32.2 Å². The standard InChI is InChI=1S/C25H29N5O4S/c1-16-6-3-9-19(12-16)30-22(31)14-21(24(30)33)29-11-5-7-17(15-29)23(32)27-28-25(35)26-18-8-4-10-20(13-18)34-2/h3-4,6,8-10,12-13,17,21H,5,7,11,14-15H2,1-2H3,(H,27,32)(H2,26,28,35). The third-order valence-electron chi connectivity index (χ3n) is 6.27. The van der Waals surface area contributed by atoms with Crippen molar-refractivity contribution in [2.75, 3.05) is 30.4 Å². The molecule has 0 aliphatic carbocycles. The van der Waals surface area contributed by atoms with Crippen LogP contribution in [-0.4, -0.2) is 54.0 Å². The fraction of sp³-hybridized carbons (Fsp3) is 0.360. The van der Waals surface area contributed by atoms with E-state index in [0.717, 1.165) is 17.7 Å². The van der Waals surface area contributed by atoms with Gasteiger partial charge < -0.3 is 10.1 Å². The zero-order chi connectivity index (χ0) is 24.9. The summed E-state index contributed by atoms with van der Waals surface area (Å²) in [5.74, 6) is -0.301. The van der Waals surface area contributed by atoms with Crippen LogP contribution in [0, 0.1) is 12.8 Å². The predicted octanol–water partition coefficient (Wildman–Crippen LogP) is 2.37. The summed E-state index contributed by atoms with van der Waals surface area (Å²) in [6.45, 7) is 2.99. The van der Waals surface area contributed by atoms with Crippen molar-refractivity contribution in [3.8, 4) is 5.75 Å². The van der Waals surface area contributed by atoms with E-state index in [0.29, 0.717) is 30.9 Å². The first kappa shape index (κ1) is 24.6. The normalized spacial score (nSPS) is 20.5. The number of aryl methyl sites for hydroxylation is 1. The molecule has 184 valence electrons. The number of carbonyl (C=O) groups excluding carboxylic acids is 3. The Bertz CT molecular complexity index is 1140. The van der Waals surface area contributed by atoms with E-state index in [2.05, 4.69) is 16.2 Å². The number of nitrogens with one attached hydrogen (secondary N) is 3. The van der Waals surface area contributed by atoms with Crippen LogP contribution in [0.2, 0.25) is 0 Å². The van der Waals surface area contributed by atoms with E-state index in [-0.39, 0.29) is 35.2 Å². The average molecular weight is 496 g/mol. The first-order valence-corrected chi connectivity index (χ1v) is 11.9. The minimum absolute atomic E-state index is 0.119. The molecule has 3 amide bonds. The topological polar surface area (TPSA) is 103 Å². The Labute approximate surface area is 209 Å². The van der Waals surface area contributed by atoms with Gasteiger partial charge in [0.15, 0.2) is 5.11 Å². The smallest absolute Gasteiger partial charge is 0.251 e. The van der Waals surface area contributed by atoms with Gasteiger partial charge in [-0.05, 0) is 68.4 Å². The lowest BCUT2D eigenvalue weighted by Crippen LogP contribution is -2.52. The summed E-state index contributed by atoms with van der Waals surface area (Å²) in [6.07, 6.45) is 1.57. The Morgan fingerprint density at radius 1 is 1.11 bits per heavy atom. The van der Waals surface area contributed by atoms with Crippen LogP contribution in [0.3, 0.4) is 0 Å². The lowest BCUT2D eigenvalue weighted by molar-refractivity contribution is -0.130. The molecular formula is C25H29N5O4S. The number of piperidine rings is 1. The van der Waals surface area contributed by atoms with E-state index in [4.69, 9.17) is 17.0 Å². The van der Waals surface area contributed by atoms with Gasteiger partial charge in [0.1, 0.15) is 5.75 Å². The average Bonchev–Trinajstić information content (AvgIpc) is 3.16. The molecule has 2 heterocycles. The van der Waals surface area contributed by atoms with Crippen LogP contribution in [0.5, 0.6) is 5.75 Å². The second kappa shape index (κ2) is 10.8. The van der Waals surface area contributed by atoms with Gasteiger partial charge in [0.2, 0.25) is 11.8 Å². The summed E-state index contributed by atoms with van der Waals surface area (Å²) in [5.41, 5.74) is 7.69. The van der Waals surface area contributed by atoms with Gasteiger partial charge in [-0.15, -0.1) is 0 Å². The first-order chi connectivity index (χ1) is 16.9. The Balaban J connectivity index is 1.32. The van der Waals surface area contributed by atoms with Gasteiger partial charge in [-0.2, -0.15) is 0 Å².